The fourth-order valence-electron chi connectivity index (χ4n) is 3.84. The molecule has 4 rings (SSSR count). The van der Waals surface area contributed by atoms with Crippen LogP contribution in [0, 0.1) is 0 Å². The fraction of sp³-hybridized carbons (Fsp3) is 0.364. The van der Waals surface area contributed by atoms with E-state index in [0.29, 0.717) is 5.56 Å². The van der Waals surface area contributed by atoms with E-state index in [1.807, 2.05) is 12.1 Å². The van der Waals surface area contributed by atoms with Gasteiger partial charge in [-0.3, -0.25) is 0 Å². The highest BCUT2D eigenvalue weighted by Crippen LogP contribution is 2.40. The summed E-state index contributed by atoms with van der Waals surface area (Å²) in [6.07, 6.45) is -3.73. The lowest BCUT2D eigenvalue weighted by Crippen LogP contribution is -2.17. The second kappa shape index (κ2) is 7.17. The number of hydrogen-bond donors (Lipinski definition) is 1. The monoisotopic (exact) mass is 388 g/mol. The minimum absolute atomic E-state index is 0.174. The lowest BCUT2D eigenvalue weighted by Gasteiger charge is -2.17. The molecule has 3 aromatic rings. The molecule has 0 saturated carbocycles. The molecule has 6 heteroatoms. The largest absolute Gasteiger partial charge is 0.491 e. The van der Waals surface area contributed by atoms with Gasteiger partial charge in [0.1, 0.15) is 5.75 Å². The second-order valence-corrected chi connectivity index (χ2v) is 7.43. The molecule has 0 atom stereocenters. The molecule has 0 radical (unpaired) electrons. The Morgan fingerprint density at radius 2 is 1.86 bits per heavy atom. The number of alkyl halides is 3. The number of hydrogen-bond acceptors (Lipinski definition) is 2. The number of aromatic nitrogens is 1. The van der Waals surface area contributed by atoms with Crippen molar-refractivity contribution >= 4 is 10.9 Å². The van der Waals surface area contributed by atoms with Crippen LogP contribution in [0.1, 0.15) is 25.1 Å². The molecule has 28 heavy (non-hydrogen) atoms. The molecule has 1 aliphatic rings. The summed E-state index contributed by atoms with van der Waals surface area (Å²) in [4.78, 5) is 0. The van der Waals surface area contributed by atoms with Crippen LogP contribution in [0.15, 0.2) is 42.5 Å². The normalized spacial score (nSPS) is 14.9. The van der Waals surface area contributed by atoms with Crippen molar-refractivity contribution in [3.05, 3.63) is 53.7 Å². The van der Waals surface area contributed by atoms with E-state index in [9.17, 15) is 13.2 Å². The van der Waals surface area contributed by atoms with E-state index in [1.54, 1.807) is 26.0 Å². The first-order valence-electron chi connectivity index (χ1n) is 9.54. The standard InChI is InChI=1S/C22H23F3N2O/c1-14(2)28-18-5-6-19(20(13-18)22(23,24)25)15-3-4-16-11-17-7-8-26-9-10-27(17)21(16)12-15/h3-6,11-14,26H,7-10H2,1-2H3. The van der Waals surface area contributed by atoms with Crippen LogP contribution in [0.2, 0.25) is 0 Å². The summed E-state index contributed by atoms with van der Waals surface area (Å²) in [5, 5.41) is 4.42. The number of nitrogens with zero attached hydrogens (tertiary/aromatic N) is 1. The van der Waals surface area contributed by atoms with Gasteiger partial charge in [0, 0.05) is 37.3 Å². The van der Waals surface area contributed by atoms with Gasteiger partial charge < -0.3 is 14.6 Å². The molecule has 0 bridgehead atoms. The van der Waals surface area contributed by atoms with Gasteiger partial charge in [0.2, 0.25) is 0 Å². The highest BCUT2D eigenvalue weighted by atomic mass is 19.4. The molecule has 0 unspecified atom stereocenters. The van der Waals surface area contributed by atoms with E-state index in [1.165, 1.54) is 11.8 Å². The molecule has 1 aromatic heterocycles. The SMILES string of the molecule is CC(C)Oc1ccc(-c2ccc3cc4n(c3c2)CCNCC4)c(C(F)(F)F)c1. The summed E-state index contributed by atoms with van der Waals surface area (Å²) in [7, 11) is 0. The van der Waals surface area contributed by atoms with Crippen molar-refractivity contribution < 1.29 is 17.9 Å². The molecule has 1 aliphatic heterocycles. The van der Waals surface area contributed by atoms with Crippen LogP contribution in [0.25, 0.3) is 22.0 Å². The molecule has 2 aromatic carbocycles. The maximum atomic E-state index is 13.8. The van der Waals surface area contributed by atoms with Crippen molar-refractivity contribution in [2.24, 2.45) is 0 Å². The first-order chi connectivity index (χ1) is 13.3. The Kier molecular flexibility index (Phi) is 4.83. The molecule has 148 valence electrons. The van der Waals surface area contributed by atoms with Gasteiger partial charge in [0.15, 0.2) is 0 Å². The van der Waals surface area contributed by atoms with Crippen LogP contribution in [-0.2, 0) is 19.1 Å². The van der Waals surface area contributed by atoms with E-state index in [0.717, 1.165) is 43.0 Å². The number of nitrogens with one attached hydrogen (secondary N) is 1. The highest BCUT2D eigenvalue weighted by molar-refractivity contribution is 5.87. The zero-order valence-corrected chi connectivity index (χ0v) is 15.9. The molecule has 0 fully saturated rings. The Morgan fingerprint density at radius 3 is 2.61 bits per heavy atom. The van der Waals surface area contributed by atoms with Gasteiger partial charge in [0.05, 0.1) is 11.7 Å². The molecule has 0 aliphatic carbocycles. The zero-order chi connectivity index (χ0) is 19.9. The van der Waals surface area contributed by atoms with Crippen LogP contribution in [0.3, 0.4) is 0 Å². The predicted molar refractivity (Wildman–Crippen MR) is 105 cm³/mol. The van der Waals surface area contributed by atoms with Gasteiger partial charge >= 0.3 is 6.18 Å². The Bertz CT molecular complexity index is 1000. The third-order valence-corrected chi connectivity index (χ3v) is 5.04. The summed E-state index contributed by atoms with van der Waals surface area (Å²) in [5.41, 5.74) is 2.26. The van der Waals surface area contributed by atoms with Crippen molar-refractivity contribution in [1.82, 2.24) is 9.88 Å². The maximum absolute atomic E-state index is 13.8. The van der Waals surface area contributed by atoms with E-state index >= 15 is 0 Å². The second-order valence-electron chi connectivity index (χ2n) is 7.43. The van der Waals surface area contributed by atoms with E-state index < -0.39 is 11.7 Å². The van der Waals surface area contributed by atoms with Crippen molar-refractivity contribution in [3.63, 3.8) is 0 Å². The first kappa shape index (κ1) is 18.9. The van der Waals surface area contributed by atoms with E-state index in [-0.39, 0.29) is 17.4 Å². The van der Waals surface area contributed by atoms with Gasteiger partial charge in [-0.1, -0.05) is 18.2 Å². The molecule has 0 saturated heterocycles. The Balaban J connectivity index is 1.84. The van der Waals surface area contributed by atoms with Gasteiger partial charge in [-0.2, -0.15) is 13.2 Å². The van der Waals surface area contributed by atoms with Gasteiger partial charge in [-0.15, -0.1) is 0 Å². The maximum Gasteiger partial charge on any atom is 0.417 e. The summed E-state index contributed by atoms with van der Waals surface area (Å²) in [6.45, 7) is 6.18. The predicted octanol–water partition coefficient (Wildman–Crippen LogP) is 5.26. The average molecular weight is 388 g/mol. The van der Waals surface area contributed by atoms with Gasteiger partial charge in [-0.25, -0.2) is 0 Å². The Labute approximate surface area is 162 Å². The minimum atomic E-state index is -4.46. The van der Waals surface area contributed by atoms with Gasteiger partial charge in [-0.05, 0) is 54.6 Å². The van der Waals surface area contributed by atoms with Crippen LogP contribution < -0.4 is 10.1 Å². The summed E-state index contributed by atoms with van der Waals surface area (Å²) in [5.74, 6) is 0.231. The number of halogens is 3. The topological polar surface area (TPSA) is 26.2 Å². The quantitative estimate of drug-likeness (QED) is 0.662. The molecular formula is C22H23F3N2O. The van der Waals surface area contributed by atoms with Crippen LogP contribution in [0.4, 0.5) is 13.2 Å². The molecule has 3 nitrogen and oxygen atoms in total. The minimum Gasteiger partial charge on any atom is -0.491 e. The van der Waals surface area contributed by atoms with E-state index in [2.05, 4.69) is 16.0 Å². The Morgan fingerprint density at radius 1 is 1.04 bits per heavy atom. The molecular weight excluding hydrogens is 365 g/mol. The smallest absolute Gasteiger partial charge is 0.417 e. The number of benzene rings is 2. The summed E-state index contributed by atoms with van der Waals surface area (Å²) < 4.78 is 49.0. The highest BCUT2D eigenvalue weighted by Gasteiger charge is 2.34. The molecule has 1 N–H and O–H groups in total. The summed E-state index contributed by atoms with van der Waals surface area (Å²) >= 11 is 0. The van der Waals surface area contributed by atoms with Gasteiger partial charge in [0.25, 0.3) is 0 Å². The van der Waals surface area contributed by atoms with Crippen molar-refractivity contribution in [1.29, 1.82) is 0 Å². The number of rotatable bonds is 3. The average Bonchev–Trinajstić information content (AvgIpc) is 2.81. The van der Waals surface area contributed by atoms with Crippen molar-refractivity contribution in [3.8, 4) is 16.9 Å². The lowest BCUT2D eigenvalue weighted by atomic mass is 9.98. The molecule has 0 spiro atoms. The van der Waals surface area contributed by atoms with Crippen molar-refractivity contribution in [2.45, 2.75) is 39.1 Å². The zero-order valence-electron chi connectivity index (χ0n) is 15.9. The number of fused-ring (bicyclic) bond motifs is 3. The molecule has 2 heterocycles. The third-order valence-electron chi connectivity index (χ3n) is 5.04. The third kappa shape index (κ3) is 3.61. The van der Waals surface area contributed by atoms with Crippen LogP contribution >= 0.6 is 0 Å². The lowest BCUT2D eigenvalue weighted by molar-refractivity contribution is -0.137. The first-order valence-corrected chi connectivity index (χ1v) is 9.54. The van der Waals surface area contributed by atoms with Crippen LogP contribution in [-0.4, -0.2) is 23.8 Å². The van der Waals surface area contributed by atoms with Crippen LogP contribution in [0.5, 0.6) is 5.75 Å². The fourth-order valence-corrected chi connectivity index (χ4v) is 3.84. The number of ether oxygens (including phenoxy) is 1. The van der Waals surface area contributed by atoms with Crippen molar-refractivity contribution in [2.75, 3.05) is 13.1 Å². The molecule has 0 amide bonds. The summed E-state index contributed by atoms with van der Waals surface area (Å²) in [6, 6.07) is 11.9. The van der Waals surface area contributed by atoms with E-state index in [4.69, 9.17) is 4.74 Å². The Hall–Kier alpha value is -2.47.